The Labute approximate surface area is 105 Å². The Morgan fingerprint density at radius 3 is 2.80 bits per heavy atom. The van der Waals surface area contributed by atoms with Gasteiger partial charge in [-0.15, -0.1) is 11.3 Å². The van der Waals surface area contributed by atoms with Crippen LogP contribution in [0.15, 0.2) is 9.85 Å². The lowest BCUT2D eigenvalue weighted by Crippen LogP contribution is -1.96. The standard InChI is InChI=1S/C9H10BrN3S2/c1-5-3-7(14-8(5)10)4-11-9-12-6(2)13-15-9/h3H,4H2,1-2H3,(H,11,12,13). The van der Waals surface area contributed by atoms with Crippen LogP contribution in [0.25, 0.3) is 0 Å². The monoisotopic (exact) mass is 303 g/mol. The lowest BCUT2D eigenvalue weighted by atomic mass is 10.3. The summed E-state index contributed by atoms with van der Waals surface area (Å²) in [5.74, 6) is 0.825. The zero-order valence-electron chi connectivity index (χ0n) is 8.37. The fraction of sp³-hybridized carbons (Fsp3) is 0.333. The van der Waals surface area contributed by atoms with E-state index in [0.717, 1.165) is 17.5 Å². The summed E-state index contributed by atoms with van der Waals surface area (Å²) in [4.78, 5) is 5.54. The van der Waals surface area contributed by atoms with Crippen LogP contribution in [0.2, 0.25) is 0 Å². The molecular weight excluding hydrogens is 294 g/mol. The molecule has 0 radical (unpaired) electrons. The van der Waals surface area contributed by atoms with Crippen LogP contribution < -0.4 is 5.32 Å². The maximum Gasteiger partial charge on any atom is 0.202 e. The molecule has 15 heavy (non-hydrogen) atoms. The van der Waals surface area contributed by atoms with Crippen molar-refractivity contribution in [2.24, 2.45) is 0 Å². The molecule has 0 saturated carbocycles. The molecule has 0 saturated heterocycles. The molecule has 0 amide bonds. The van der Waals surface area contributed by atoms with Gasteiger partial charge in [0.1, 0.15) is 5.82 Å². The van der Waals surface area contributed by atoms with E-state index in [2.05, 4.69) is 43.6 Å². The second-order valence-electron chi connectivity index (χ2n) is 3.17. The Kier molecular flexibility index (Phi) is 3.38. The molecule has 0 aliphatic rings. The number of halogens is 1. The first-order valence-electron chi connectivity index (χ1n) is 4.44. The molecule has 0 aliphatic carbocycles. The van der Waals surface area contributed by atoms with Crippen molar-refractivity contribution in [1.29, 1.82) is 0 Å². The van der Waals surface area contributed by atoms with Gasteiger partial charge in [-0.3, -0.25) is 0 Å². The van der Waals surface area contributed by atoms with Gasteiger partial charge in [-0.05, 0) is 41.4 Å². The predicted molar refractivity (Wildman–Crippen MR) is 68.7 cm³/mol. The van der Waals surface area contributed by atoms with Crippen molar-refractivity contribution in [3.05, 3.63) is 26.1 Å². The molecule has 0 atom stereocenters. The first-order chi connectivity index (χ1) is 7.15. The topological polar surface area (TPSA) is 37.8 Å². The predicted octanol–water partition coefficient (Wildman–Crippen LogP) is 3.59. The zero-order valence-corrected chi connectivity index (χ0v) is 11.6. The maximum absolute atomic E-state index is 4.24. The van der Waals surface area contributed by atoms with Crippen LogP contribution in [0.5, 0.6) is 0 Å². The molecule has 0 aromatic carbocycles. The molecule has 2 heterocycles. The van der Waals surface area contributed by atoms with Gasteiger partial charge in [0, 0.05) is 16.4 Å². The lowest BCUT2D eigenvalue weighted by Gasteiger charge is -1.97. The van der Waals surface area contributed by atoms with Crippen molar-refractivity contribution < 1.29 is 0 Å². The maximum atomic E-state index is 4.24. The summed E-state index contributed by atoms with van der Waals surface area (Å²) < 4.78 is 5.32. The molecule has 0 aliphatic heterocycles. The Morgan fingerprint density at radius 1 is 1.47 bits per heavy atom. The van der Waals surface area contributed by atoms with Gasteiger partial charge in [0.25, 0.3) is 0 Å². The summed E-state index contributed by atoms with van der Waals surface area (Å²) in [7, 11) is 0. The number of thiophene rings is 1. The van der Waals surface area contributed by atoms with E-state index in [1.165, 1.54) is 25.8 Å². The number of hydrogen-bond acceptors (Lipinski definition) is 5. The van der Waals surface area contributed by atoms with E-state index < -0.39 is 0 Å². The Balaban J connectivity index is 1.99. The van der Waals surface area contributed by atoms with Gasteiger partial charge in [0.15, 0.2) is 0 Å². The van der Waals surface area contributed by atoms with Crippen LogP contribution in [-0.2, 0) is 6.54 Å². The van der Waals surface area contributed by atoms with Crippen molar-refractivity contribution in [2.75, 3.05) is 5.32 Å². The summed E-state index contributed by atoms with van der Waals surface area (Å²) in [6.07, 6.45) is 0. The minimum atomic E-state index is 0.811. The van der Waals surface area contributed by atoms with E-state index in [-0.39, 0.29) is 0 Å². The Bertz CT molecular complexity index is 444. The molecule has 3 nitrogen and oxygen atoms in total. The molecule has 0 fully saturated rings. The molecule has 0 spiro atoms. The Hall–Kier alpha value is -0.460. The molecule has 80 valence electrons. The first kappa shape index (κ1) is 11.0. The second-order valence-corrected chi connectivity index (χ2v) is 6.38. The van der Waals surface area contributed by atoms with Crippen molar-refractivity contribution in [1.82, 2.24) is 9.36 Å². The Morgan fingerprint density at radius 2 is 2.27 bits per heavy atom. The van der Waals surface area contributed by atoms with E-state index in [9.17, 15) is 0 Å². The molecule has 0 unspecified atom stereocenters. The fourth-order valence-corrected chi connectivity index (χ4v) is 3.28. The van der Waals surface area contributed by atoms with Crippen LogP contribution >= 0.6 is 38.8 Å². The summed E-state index contributed by atoms with van der Waals surface area (Å²) in [5.41, 5.74) is 1.28. The molecule has 1 N–H and O–H groups in total. The highest BCUT2D eigenvalue weighted by Crippen LogP contribution is 2.27. The van der Waals surface area contributed by atoms with Gasteiger partial charge in [-0.25, -0.2) is 4.98 Å². The van der Waals surface area contributed by atoms with Crippen LogP contribution in [0, 0.1) is 13.8 Å². The molecule has 2 aromatic rings. The van der Waals surface area contributed by atoms with Crippen LogP contribution in [0.4, 0.5) is 5.13 Å². The number of nitrogens with zero attached hydrogens (tertiary/aromatic N) is 2. The summed E-state index contributed by atoms with van der Waals surface area (Å²) >= 11 is 6.66. The highest BCUT2D eigenvalue weighted by Gasteiger charge is 2.04. The van der Waals surface area contributed by atoms with Gasteiger partial charge in [0.2, 0.25) is 5.13 Å². The third-order valence-electron chi connectivity index (χ3n) is 1.85. The minimum Gasteiger partial charge on any atom is -0.355 e. The molecular formula is C9H10BrN3S2. The molecule has 0 bridgehead atoms. The zero-order chi connectivity index (χ0) is 10.8. The van der Waals surface area contributed by atoms with Gasteiger partial charge < -0.3 is 5.32 Å². The second kappa shape index (κ2) is 4.59. The van der Waals surface area contributed by atoms with E-state index >= 15 is 0 Å². The molecule has 2 rings (SSSR count). The third-order valence-corrected chi connectivity index (χ3v) is 4.75. The summed E-state index contributed by atoms with van der Waals surface area (Å²) in [6, 6.07) is 2.18. The third kappa shape index (κ3) is 2.76. The number of anilines is 1. The molecule has 2 aromatic heterocycles. The van der Waals surface area contributed by atoms with Gasteiger partial charge in [0.05, 0.1) is 10.3 Å². The van der Waals surface area contributed by atoms with Crippen molar-refractivity contribution in [3.63, 3.8) is 0 Å². The SMILES string of the molecule is Cc1nsc(NCc2cc(C)c(Br)s2)n1. The van der Waals surface area contributed by atoms with E-state index in [4.69, 9.17) is 0 Å². The van der Waals surface area contributed by atoms with Gasteiger partial charge >= 0.3 is 0 Å². The smallest absolute Gasteiger partial charge is 0.202 e. The minimum absolute atomic E-state index is 0.811. The van der Waals surface area contributed by atoms with Crippen molar-refractivity contribution >= 4 is 43.9 Å². The van der Waals surface area contributed by atoms with E-state index in [0.29, 0.717) is 0 Å². The normalized spacial score (nSPS) is 10.6. The largest absolute Gasteiger partial charge is 0.355 e. The average molecular weight is 304 g/mol. The van der Waals surface area contributed by atoms with E-state index in [1.54, 1.807) is 11.3 Å². The quantitative estimate of drug-likeness (QED) is 0.941. The highest BCUT2D eigenvalue weighted by atomic mass is 79.9. The number of rotatable bonds is 3. The van der Waals surface area contributed by atoms with Gasteiger partial charge in [-0.2, -0.15) is 4.37 Å². The van der Waals surface area contributed by atoms with Crippen LogP contribution in [0.1, 0.15) is 16.3 Å². The number of aryl methyl sites for hydroxylation is 2. The lowest BCUT2D eigenvalue weighted by molar-refractivity contribution is 1.12. The van der Waals surface area contributed by atoms with E-state index in [1.807, 2.05) is 6.92 Å². The van der Waals surface area contributed by atoms with Crippen LogP contribution in [-0.4, -0.2) is 9.36 Å². The molecule has 6 heteroatoms. The van der Waals surface area contributed by atoms with Crippen LogP contribution in [0.3, 0.4) is 0 Å². The summed E-state index contributed by atoms with van der Waals surface area (Å²) in [5, 5.41) is 4.14. The fourth-order valence-electron chi connectivity index (χ4n) is 1.14. The average Bonchev–Trinajstić information content (AvgIpc) is 2.72. The van der Waals surface area contributed by atoms with Crippen molar-refractivity contribution in [2.45, 2.75) is 20.4 Å². The highest BCUT2D eigenvalue weighted by molar-refractivity contribution is 9.11. The first-order valence-corrected chi connectivity index (χ1v) is 6.82. The number of nitrogens with one attached hydrogen (secondary N) is 1. The van der Waals surface area contributed by atoms with Crippen molar-refractivity contribution in [3.8, 4) is 0 Å². The number of hydrogen-bond donors (Lipinski definition) is 1. The summed E-state index contributed by atoms with van der Waals surface area (Å²) in [6.45, 7) is 4.80. The van der Waals surface area contributed by atoms with Gasteiger partial charge in [-0.1, -0.05) is 0 Å². The number of aromatic nitrogens is 2.